The smallest absolute Gasteiger partial charge is 0.269 e. The van der Waals surface area contributed by atoms with E-state index in [9.17, 15) is 13.5 Å². The minimum absolute atomic E-state index is 0.126. The van der Waals surface area contributed by atoms with Gasteiger partial charge in [0.05, 0.1) is 17.7 Å². The zero-order valence-corrected chi connectivity index (χ0v) is 15.9. The molecule has 0 aliphatic carbocycles. The lowest BCUT2D eigenvalue weighted by Crippen LogP contribution is -2.18. The molecule has 0 radical (unpaired) electrons. The summed E-state index contributed by atoms with van der Waals surface area (Å²) in [5, 5.41) is 11.6. The summed E-state index contributed by atoms with van der Waals surface area (Å²) in [7, 11) is -2.39. The normalized spacial score (nSPS) is 12.8. The van der Waals surface area contributed by atoms with E-state index in [1.807, 2.05) is 0 Å². The number of rotatable bonds is 5. The van der Waals surface area contributed by atoms with Crippen molar-refractivity contribution in [2.75, 3.05) is 7.11 Å². The van der Waals surface area contributed by atoms with Crippen LogP contribution in [0.2, 0.25) is 0 Å². The predicted octanol–water partition coefficient (Wildman–Crippen LogP) is 3.36. The molecular weight excluding hydrogens is 376 g/mol. The van der Waals surface area contributed by atoms with Crippen LogP contribution in [0.25, 0.3) is 11.0 Å². The van der Waals surface area contributed by atoms with Gasteiger partial charge in [-0.05, 0) is 48.0 Å². The lowest BCUT2D eigenvalue weighted by molar-refractivity contribution is 0.214. The number of nitrogens with zero attached hydrogens (tertiary/aromatic N) is 2. The van der Waals surface area contributed by atoms with Crippen molar-refractivity contribution >= 4 is 21.1 Å². The molecule has 4 rings (SSSR count). The highest BCUT2D eigenvalue weighted by molar-refractivity contribution is 7.90. The van der Waals surface area contributed by atoms with Gasteiger partial charge in [-0.25, -0.2) is 17.4 Å². The van der Waals surface area contributed by atoms with Gasteiger partial charge in [0.1, 0.15) is 11.9 Å². The molecule has 0 aliphatic rings. The number of aliphatic hydroxyl groups is 1. The van der Waals surface area contributed by atoms with E-state index in [1.54, 1.807) is 67.8 Å². The number of hydrogen-bond acceptors (Lipinski definition) is 5. The number of ether oxygens (including phenoxy) is 1. The highest BCUT2D eigenvalue weighted by Crippen LogP contribution is 2.31. The Morgan fingerprint density at radius 3 is 2.39 bits per heavy atom. The first-order chi connectivity index (χ1) is 13.5. The second-order valence-electron chi connectivity index (χ2n) is 6.24. The van der Waals surface area contributed by atoms with Crippen LogP contribution in [-0.4, -0.2) is 29.6 Å². The Morgan fingerprint density at radius 1 is 1.00 bits per heavy atom. The SMILES string of the molecule is COc1ccc(C(O)c2cc3cccnc3n2S(=O)(=O)c2ccccc2)cc1. The van der Waals surface area contributed by atoms with Crippen LogP contribution in [0.1, 0.15) is 17.4 Å². The number of aromatic nitrogens is 2. The van der Waals surface area contributed by atoms with E-state index in [-0.39, 0.29) is 16.2 Å². The fraction of sp³-hybridized carbons (Fsp3) is 0.0952. The topological polar surface area (TPSA) is 81.4 Å². The summed E-state index contributed by atoms with van der Waals surface area (Å²) in [5.41, 5.74) is 1.05. The van der Waals surface area contributed by atoms with Crippen molar-refractivity contribution in [3.05, 3.63) is 90.3 Å². The maximum absolute atomic E-state index is 13.4. The van der Waals surface area contributed by atoms with E-state index >= 15 is 0 Å². The van der Waals surface area contributed by atoms with Crippen LogP contribution >= 0.6 is 0 Å². The number of hydrogen-bond donors (Lipinski definition) is 1. The van der Waals surface area contributed by atoms with Crippen LogP contribution < -0.4 is 4.74 Å². The number of benzene rings is 2. The lowest BCUT2D eigenvalue weighted by Gasteiger charge is -2.16. The third-order valence-corrected chi connectivity index (χ3v) is 6.27. The fourth-order valence-electron chi connectivity index (χ4n) is 3.13. The Hall–Kier alpha value is -3.16. The number of aliphatic hydroxyl groups excluding tert-OH is 1. The van der Waals surface area contributed by atoms with Crippen molar-refractivity contribution in [3.63, 3.8) is 0 Å². The second-order valence-corrected chi connectivity index (χ2v) is 8.03. The summed E-state index contributed by atoms with van der Waals surface area (Å²) in [5.74, 6) is 0.648. The van der Waals surface area contributed by atoms with Gasteiger partial charge in [0.2, 0.25) is 0 Å². The molecule has 0 fully saturated rings. The first kappa shape index (κ1) is 18.2. The Kier molecular flexibility index (Phi) is 4.62. The molecule has 7 heteroatoms. The molecule has 0 saturated carbocycles. The number of pyridine rings is 1. The van der Waals surface area contributed by atoms with Gasteiger partial charge in [0.25, 0.3) is 10.0 Å². The summed E-state index contributed by atoms with van der Waals surface area (Å²) in [4.78, 5) is 4.38. The van der Waals surface area contributed by atoms with Gasteiger partial charge < -0.3 is 9.84 Å². The third-order valence-electron chi connectivity index (χ3n) is 4.54. The molecule has 0 aliphatic heterocycles. The highest BCUT2D eigenvalue weighted by Gasteiger charge is 2.27. The van der Waals surface area contributed by atoms with Crippen molar-refractivity contribution < 1.29 is 18.3 Å². The molecule has 2 aromatic carbocycles. The largest absolute Gasteiger partial charge is 0.497 e. The average molecular weight is 394 g/mol. The Balaban J connectivity index is 1.93. The Labute approximate surface area is 162 Å². The van der Waals surface area contributed by atoms with Crippen LogP contribution in [0.4, 0.5) is 0 Å². The van der Waals surface area contributed by atoms with E-state index in [2.05, 4.69) is 4.98 Å². The van der Waals surface area contributed by atoms with Gasteiger partial charge >= 0.3 is 0 Å². The summed E-state index contributed by atoms with van der Waals surface area (Å²) >= 11 is 0. The molecule has 2 aromatic heterocycles. The number of fused-ring (bicyclic) bond motifs is 1. The average Bonchev–Trinajstić information content (AvgIpc) is 3.14. The molecule has 0 amide bonds. The standard InChI is InChI=1S/C21H18N2O4S/c1-27-17-11-9-15(10-12-17)20(24)19-14-16-6-5-13-22-21(16)23(19)28(25,26)18-7-3-2-4-8-18/h2-14,20,24H,1H3. The summed E-state index contributed by atoms with van der Waals surface area (Å²) in [6.07, 6.45) is 0.377. The van der Waals surface area contributed by atoms with Crippen molar-refractivity contribution in [2.24, 2.45) is 0 Å². The van der Waals surface area contributed by atoms with Crippen molar-refractivity contribution in [3.8, 4) is 5.75 Å². The van der Waals surface area contributed by atoms with E-state index in [1.165, 1.54) is 18.3 Å². The van der Waals surface area contributed by atoms with Crippen LogP contribution in [0.5, 0.6) is 5.75 Å². The molecule has 1 atom stereocenters. The summed E-state index contributed by atoms with van der Waals surface area (Å²) in [6, 6.07) is 20.1. The van der Waals surface area contributed by atoms with Crippen LogP contribution in [0, 0.1) is 0 Å². The van der Waals surface area contributed by atoms with Gasteiger partial charge in [-0.2, -0.15) is 0 Å². The zero-order chi connectivity index (χ0) is 19.7. The molecule has 4 aromatic rings. The third kappa shape index (κ3) is 3.04. The van der Waals surface area contributed by atoms with Gasteiger partial charge in [0, 0.05) is 11.6 Å². The van der Waals surface area contributed by atoms with E-state index in [0.717, 1.165) is 3.97 Å². The maximum atomic E-state index is 13.4. The molecule has 1 unspecified atom stereocenters. The van der Waals surface area contributed by atoms with Gasteiger partial charge in [-0.3, -0.25) is 0 Å². The summed E-state index contributed by atoms with van der Waals surface area (Å²) < 4.78 is 33.0. The lowest BCUT2D eigenvalue weighted by atomic mass is 10.1. The molecule has 28 heavy (non-hydrogen) atoms. The van der Waals surface area contributed by atoms with E-state index in [0.29, 0.717) is 16.7 Å². The highest BCUT2D eigenvalue weighted by atomic mass is 32.2. The molecule has 0 saturated heterocycles. The van der Waals surface area contributed by atoms with Crippen LogP contribution in [0.3, 0.4) is 0 Å². The maximum Gasteiger partial charge on any atom is 0.269 e. The quantitative estimate of drug-likeness (QED) is 0.561. The van der Waals surface area contributed by atoms with Gasteiger partial charge in [-0.15, -0.1) is 0 Å². The van der Waals surface area contributed by atoms with Gasteiger partial charge in [-0.1, -0.05) is 30.3 Å². The molecule has 2 heterocycles. The van der Waals surface area contributed by atoms with Crippen molar-refractivity contribution in [1.29, 1.82) is 0 Å². The van der Waals surface area contributed by atoms with E-state index in [4.69, 9.17) is 4.74 Å². The fourth-order valence-corrected chi connectivity index (χ4v) is 4.65. The second kappa shape index (κ2) is 7.10. The molecule has 142 valence electrons. The molecule has 0 bridgehead atoms. The number of methoxy groups -OCH3 is 1. The molecular formula is C21H18N2O4S. The van der Waals surface area contributed by atoms with E-state index < -0.39 is 16.1 Å². The van der Waals surface area contributed by atoms with Gasteiger partial charge in [0.15, 0.2) is 5.65 Å². The molecule has 6 nitrogen and oxygen atoms in total. The van der Waals surface area contributed by atoms with Crippen LogP contribution in [0.15, 0.2) is 83.9 Å². The monoisotopic (exact) mass is 394 g/mol. The Bertz CT molecular complexity index is 1220. The minimum Gasteiger partial charge on any atom is -0.497 e. The van der Waals surface area contributed by atoms with Crippen molar-refractivity contribution in [2.45, 2.75) is 11.0 Å². The Morgan fingerprint density at radius 2 is 1.71 bits per heavy atom. The van der Waals surface area contributed by atoms with Crippen molar-refractivity contribution in [1.82, 2.24) is 8.96 Å². The zero-order valence-electron chi connectivity index (χ0n) is 15.1. The first-order valence-electron chi connectivity index (χ1n) is 8.61. The first-order valence-corrected chi connectivity index (χ1v) is 10.1. The predicted molar refractivity (Wildman–Crippen MR) is 106 cm³/mol. The molecule has 1 N–H and O–H groups in total. The summed E-state index contributed by atoms with van der Waals surface area (Å²) in [6.45, 7) is 0. The minimum atomic E-state index is -3.95. The molecule has 0 spiro atoms. The van der Waals surface area contributed by atoms with Crippen LogP contribution in [-0.2, 0) is 10.0 Å².